The van der Waals surface area contributed by atoms with E-state index in [9.17, 15) is 14.9 Å². The summed E-state index contributed by atoms with van der Waals surface area (Å²) in [6.45, 7) is 4.43. The van der Waals surface area contributed by atoms with Crippen LogP contribution in [0.5, 0.6) is 0 Å². The standard InChI is InChI=1S/C14H20ClN3O3/c1-9(2)11(16)7-8-17(3)14(19)13-10(15)5-4-6-12(13)18(20)21/h4-6,9,11H,7-8,16H2,1-3H3. The maximum absolute atomic E-state index is 12.4. The third-order valence-corrected chi connectivity index (χ3v) is 3.72. The minimum absolute atomic E-state index is 0.0264. The quantitative estimate of drug-likeness (QED) is 0.646. The zero-order valence-electron chi connectivity index (χ0n) is 12.4. The lowest BCUT2D eigenvalue weighted by Crippen LogP contribution is -2.35. The Morgan fingerprint density at radius 1 is 1.48 bits per heavy atom. The number of nitro groups is 1. The van der Waals surface area contributed by atoms with Crippen LogP contribution < -0.4 is 5.73 Å². The zero-order valence-corrected chi connectivity index (χ0v) is 13.1. The number of carbonyl (C=O) groups excluding carboxylic acids is 1. The summed E-state index contributed by atoms with van der Waals surface area (Å²) >= 11 is 5.95. The van der Waals surface area contributed by atoms with Gasteiger partial charge in [0, 0.05) is 25.7 Å². The number of nitrogens with zero attached hydrogens (tertiary/aromatic N) is 2. The summed E-state index contributed by atoms with van der Waals surface area (Å²) in [5.41, 5.74) is 5.58. The number of hydrogen-bond donors (Lipinski definition) is 1. The van der Waals surface area contributed by atoms with Gasteiger partial charge < -0.3 is 10.6 Å². The second-order valence-corrected chi connectivity index (χ2v) is 5.72. The van der Waals surface area contributed by atoms with E-state index < -0.39 is 10.8 Å². The van der Waals surface area contributed by atoms with Gasteiger partial charge in [0.1, 0.15) is 5.56 Å². The molecule has 0 bridgehead atoms. The van der Waals surface area contributed by atoms with Gasteiger partial charge in [-0.2, -0.15) is 0 Å². The number of hydrogen-bond acceptors (Lipinski definition) is 4. The predicted molar refractivity (Wildman–Crippen MR) is 82.5 cm³/mol. The van der Waals surface area contributed by atoms with E-state index in [0.717, 1.165) is 0 Å². The van der Waals surface area contributed by atoms with Gasteiger partial charge in [-0.3, -0.25) is 14.9 Å². The van der Waals surface area contributed by atoms with Gasteiger partial charge in [-0.1, -0.05) is 31.5 Å². The van der Waals surface area contributed by atoms with Gasteiger partial charge in [-0.25, -0.2) is 0 Å². The second-order valence-electron chi connectivity index (χ2n) is 5.31. The minimum atomic E-state index is -0.604. The fourth-order valence-corrected chi connectivity index (χ4v) is 2.10. The maximum atomic E-state index is 12.4. The molecule has 0 saturated heterocycles. The zero-order chi connectivity index (χ0) is 16.2. The lowest BCUT2D eigenvalue weighted by molar-refractivity contribution is -0.385. The van der Waals surface area contributed by atoms with E-state index in [1.54, 1.807) is 7.05 Å². The third-order valence-electron chi connectivity index (χ3n) is 3.40. The summed E-state index contributed by atoms with van der Waals surface area (Å²) in [5.74, 6) is -0.161. The maximum Gasteiger partial charge on any atom is 0.283 e. The highest BCUT2D eigenvalue weighted by atomic mass is 35.5. The average molecular weight is 314 g/mol. The van der Waals surface area contributed by atoms with Crippen molar-refractivity contribution in [2.75, 3.05) is 13.6 Å². The topological polar surface area (TPSA) is 89.5 Å². The Kier molecular flexibility index (Phi) is 6.11. The number of nitrogens with two attached hydrogens (primary N) is 1. The molecule has 2 N–H and O–H groups in total. The van der Waals surface area contributed by atoms with Crippen molar-refractivity contribution in [3.63, 3.8) is 0 Å². The average Bonchev–Trinajstić information content (AvgIpc) is 2.42. The molecule has 7 heteroatoms. The lowest BCUT2D eigenvalue weighted by Gasteiger charge is -2.21. The van der Waals surface area contributed by atoms with Crippen LogP contribution in [-0.4, -0.2) is 35.4 Å². The first-order chi connectivity index (χ1) is 9.75. The molecule has 1 aromatic carbocycles. The van der Waals surface area contributed by atoms with Crippen molar-refractivity contribution in [3.05, 3.63) is 38.9 Å². The van der Waals surface area contributed by atoms with E-state index >= 15 is 0 Å². The summed E-state index contributed by atoms with van der Waals surface area (Å²) in [6.07, 6.45) is 0.623. The largest absolute Gasteiger partial charge is 0.341 e. The van der Waals surface area contributed by atoms with Crippen LogP contribution in [0.25, 0.3) is 0 Å². The van der Waals surface area contributed by atoms with E-state index in [-0.39, 0.29) is 22.3 Å². The molecule has 21 heavy (non-hydrogen) atoms. The van der Waals surface area contributed by atoms with Gasteiger partial charge in [-0.05, 0) is 18.4 Å². The van der Waals surface area contributed by atoms with Crippen LogP contribution in [0.15, 0.2) is 18.2 Å². The van der Waals surface area contributed by atoms with Crippen LogP contribution in [0.3, 0.4) is 0 Å². The van der Waals surface area contributed by atoms with Crippen molar-refractivity contribution in [3.8, 4) is 0 Å². The van der Waals surface area contributed by atoms with E-state index in [2.05, 4.69) is 0 Å². The molecule has 1 rings (SSSR count). The Morgan fingerprint density at radius 3 is 2.62 bits per heavy atom. The number of rotatable bonds is 6. The van der Waals surface area contributed by atoms with Gasteiger partial charge in [0.25, 0.3) is 11.6 Å². The Labute approximate surface area is 129 Å². The highest BCUT2D eigenvalue weighted by Crippen LogP contribution is 2.27. The molecule has 0 aliphatic heterocycles. The molecule has 0 radical (unpaired) electrons. The van der Waals surface area contributed by atoms with Crippen molar-refractivity contribution in [1.82, 2.24) is 4.90 Å². The second kappa shape index (κ2) is 7.38. The fourth-order valence-electron chi connectivity index (χ4n) is 1.85. The van der Waals surface area contributed by atoms with Crippen LogP contribution >= 0.6 is 11.6 Å². The van der Waals surface area contributed by atoms with Crippen LogP contribution in [0.1, 0.15) is 30.6 Å². The third kappa shape index (κ3) is 4.41. The van der Waals surface area contributed by atoms with E-state index in [1.807, 2.05) is 13.8 Å². The summed E-state index contributed by atoms with van der Waals surface area (Å²) in [5, 5.41) is 11.1. The van der Waals surface area contributed by atoms with Gasteiger partial charge in [0.05, 0.1) is 9.95 Å². The molecule has 1 unspecified atom stereocenters. The highest BCUT2D eigenvalue weighted by Gasteiger charge is 2.26. The Morgan fingerprint density at radius 2 is 2.10 bits per heavy atom. The van der Waals surface area contributed by atoms with Crippen LogP contribution in [-0.2, 0) is 0 Å². The number of benzene rings is 1. The van der Waals surface area contributed by atoms with Crippen LogP contribution in [0, 0.1) is 16.0 Å². The molecule has 0 aromatic heterocycles. The summed E-state index contributed by atoms with van der Waals surface area (Å²) in [4.78, 5) is 24.2. The minimum Gasteiger partial charge on any atom is -0.341 e. The molecule has 0 fully saturated rings. The fraction of sp³-hybridized carbons (Fsp3) is 0.500. The van der Waals surface area contributed by atoms with Crippen LogP contribution in [0.4, 0.5) is 5.69 Å². The predicted octanol–water partition coefficient (Wildman–Crippen LogP) is 2.69. The summed E-state index contributed by atoms with van der Waals surface area (Å²) in [6, 6.07) is 4.16. The monoisotopic (exact) mass is 313 g/mol. The normalized spacial score (nSPS) is 12.3. The smallest absolute Gasteiger partial charge is 0.283 e. The first-order valence-corrected chi connectivity index (χ1v) is 7.07. The van der Waals surface area contributed by atoms with Crippen molar-refractivity contribution < 1.29 is 9.72 Å². The molecular weight excluding hydrogens is 294 g/mol. The van der Waals surface area contributed by atoms with E-state index in [0.29, 0.717) is 18.9 Å². The molecule has 1 amide bonds. The first-order valence-electron chi connectivity index (χ1n) is 6.69. The number of carbonyl (C=O) groups is 1. The van der Waals surface area contributed by atoms with Crippen molar-refractivity contribution in [2.24, 2.45) is 11.7 Å². The molecule has 0 aliphatic rings. The molecule has 1 atom stereocenters. The van der Waals surface area contributed by atoms with Gasteiger partial charge >= 0.3 is 0 Å². The van der Waals surface area contributed by atoms with Gasteiger partial charge in [-0.15, -0.1) is 0 Å². The lowest BCUT2D eigenvalue weighted by atomic mass is 10.0. The number of nitro benzene ring substituents is 1. The molecular formula is C14H20ClN3O3. The molecule has 116 valence electrons. The Balaban J connectivity index is 2.91. The van der Waals surface area contributed by atoms with Gasteiger partial charge in [0.15, 0.2) is 0 Å². The Bertz CT molecular complexity index is 534. The molecule has 6 nitrogen and oxygen atoms in total. The SMILES string of the molecule is CC(C)C(N)CCN(C)C(=O)c1c(Cl)cccc1[N+](=O)[O-]. The summed E-state index contributed by atoms with van der Waals surface area (Å²) < 4.78 is 0. The number of amides is 1. The first kappa shape index (κ1) is 17.4. The van der Waals surface area contributed by atoms with E-state index in [4.69, 9.17) is 17.3 Å². The number of halogens is 1. The molecule has 0 heterocycles. The molecule has 0 saturated carbocycles. The molecule has 0 spiro atoms. The van der Waals surface area contributed by atoms with Crippen molar-refractivity contribution in [2.45, 2.75) is 26.3 Å². The van der Waals surface area contributed by atoms with Gasteiger partial charge in [0.2, 0.25) is 0 Å². The molecule has 0 aliphatic carbocycles. The van der Waals surface area contributed by atoms with E-state index in [1.165, 1.54) is 23.1 Å². The Hall–Kier alpha value is -1.66. The van der Waals surface area contributed by atoms with Crippen LogP contribution in [0.2, 0.25) is 5.02 Å². The highest BCUT2D eigenvalue weighted by molar-refractivity contribution is 6.34. The molecule has 1 aromatic rings. The van der Waals surface area contributed by atoms with Crippen molar-refractivity contribution >= 4 is 23.2 Å². The van der Waals surface area contributed by atoms with Crippen molar-refractivity contribution in [1.29, 1.82) is 0 Å². The summed E-state index contributed by atoms with van der Waals surface area (Å²) in [7, 11) is 1.59.